The summed E-state index contributed by atoms with van der Waals surface area (Å²) in [6, 6.07) is 5.27. The number of rotatable bonds is 3. The minimum atomic E-state index is -0.168. The van der Waals surface area contributed by atoms with Crippen molar-refractivity contribution in [3.63, 3.8) is 0 Å². The monoisotopic (exact) mass is 189 g/mol. The topological polar surface area (TPSA) is 39.2 Å². The zero-order valence-corrected chi connectivity index (χ0v) is 7.77. The maximum atomic E-state index is 11.3. The predicted octanol–water partition coefficient (Wildman–Crippen LogP) is 2.04. The summed E-state index contributed by atoms with van der Waals surface area (Å²) in [6.45, 7) is 3.60. The van der Waals surface area contributed by atoms with Crippen LogP contribution in [0.15, 0.2) is 24.8 Å². The van der Waals surface area contributed by atoms with Crippen molar-refractivity contribution in [2.24, 2.45) is 5.92 Å². The fraction of sp³-hybridized carbons (Fsp3) is 0.273. The van der Waals surface area contributed by atoms with Crippen LogP contribution in [0.25, 0.3) is 6.08 Å². The largest absolute Gasteiger partial charge is 0.407 e. The van der Waals surface area contributed by atoms with Crippen molar-refractivity contribution in [1.29, 1.82) is 0 Å². The Balaban J connectivity index is 2.07. The van der Waals surface area contributed by atoms with Gasteiger partial charge in [0.25, 0.3) is 0 Å². The van der Waals surface area contributed by atoms with Gasteiger partial charge in [-0.15, -0.1) is 0 Å². The SMILES string of the molecule is C=Cc1cccc(OC(=O)C2CC2)n1. The van der Waals surface area contributed by atoms with Crippen LogP contribution < -0.4 is 4.74 Å². The lowest BCUT2D eigenvalue weighted by Gasteiger charge is -2.02. The molecule has 14 heavy (non-hydrogen) atoms. The van der Waals surface area contributed by atoms with Gasteiger partial charge in [-0.25, -0.2) is 4.98 Å². The quantitative estimate of drug-likeness (QED) is 0.683. The zero-order chi connectivity index (χ0) is 9.97. The summed E-state index contributed by atoms with van der Waals surface area (Å²) in [4.78, 5) is 15.4. The number of hydrogen-bond acceptors (Lipinski definition) is 3. The summed E-state index contributed by atoms with van der Waals surface area (Å²) in [5.74, 6) is 0.294. The van der Waals surface area contributed by atoms with Crippen LogP contribution in [0.5, 0.6) is 5.88 Å². The van der Waals surface area contributed by atoms with Gasteiger partial charge in [0.05, 0.1) is 11.6 Å². The van der Waals surface area contributed by atoms with Gasteiger partial charge in [-0.05, 0) is 25.0 Å². The molecule has 1 aromatic rings. The highest BCUT2D eigenvalue weighted by Crippen LogP contribution is 2.30. The van der Waals surface area contributed by atoms with E-state index in [1.807, 2.05) is 6.07 Å². The molecular weight excluding hydrogens is 178 g/mol. The lowest BCUT2D eigenvalue weighted by Crippen LogP contribution is -2.10. The first-order chi connectivity index (χ1) is 6.79. The Morgan fingerprint density at radius 3 is 3.00 bits per heavy atom. The van der Waals surface area contributed by atoms with Crippen molar-refractivity contribution in [2.45, 2.75) is 12.8 Å². The Morgan fingerprint density at radius 1 is 1.57 bits per heavy atom. The summed E-state index contributed by atoms with van der Waals surface area (Å²) in [5, 5.41) is 0. The van der Waals surface area contributed by atoms with Gasteiger partial charge in [-0.1, -0.05) is 12.6 Å². The highest BCUT2D eigenvalue weighted by molar-refractivity contribution is 5.77. The molecule has 72 valence electrons. The highest BCUT2D eigenvalue weighted by Gasteiger charge is 2.31. The fourth-order valence-corrected chi connectivity index (χ4v) is 1.11. The van der Waals surface area contributed by atoms with E-state index in [0.29, 0.717) is 11.6 Å². The normalized spacial score (nSPS) is 14.9. The maximum absolute atomic E-state index is 11.3. The maximum Gasteiger partial charge on any atom is 0.315 e. The van der Waals surface area contributed by atoms with E-state index in [2.05, 4.69) is 11.6 Å². The molecule has 1 aromatic heterocycles. The smallest absolute Gasteiger partial charge is 0.315 e. The minimum absolute atomic E-state index is 0.101. The van der Waals surface area contributed by atoms with Gasteiger partial charge in [-0.2, -0.15) is 0 Å². The third kappa shape index (κ3) is 1.99. The Morgan fingerprint density at radius 2 is 2.36 bits per heavy atom. The van der Waals surface area contributed by atoms with Gasteiger partial charge in [-0.3, -0.25) is 4.79 Å². The number of carbonyl (C=O) groups is 1. The minimum Gasteiger partial charge on any atom is -0.407 e. The van der Waals surface area contributed by atoms with Gasteiger partial charge in [0, 0.05) is 6.07 Å². The van der Waals surface area contributed by atoms with Crippen molar-refractivity contribution in [2.75, 3.05) is 0 Å². The van der Waals surface area contributed by atoms with E-state index in [4.69, 9.17) is 4.74 Å². The molecule has 0 aliphatic heterocycles. The van der Waals surface area contributed by atoms with Crippen LogP contribution in [0, 0.1) is 5.92 Å². The number of hydrogen-bond donors (Lipinski definition) is 0. The van der Waals surface area contributed by atoms with Crippen molar-refractivity contribution < 1.29 is 9.53 Å². The number of carbonyl (C=O) groups excluding carboxylic acids is 1. The molecule has 0 amide bonds. The average Bonchev–Trinajstić information content (AvgIpc) is 3.01. The second-order valence-corrected chi connectivity index (χ2v) is 3.30. The summed E-state index contributed by atoms with van der Waals surface area (Å²) in [7, 11) is 0. The summed E-state index contributed by atoms with van der Waals surface area (Å²) in [6.07, 6.45) is 3.51. The Labute approximate surface area is 82.4 Å². The number of esters is 1. The Bertz CT molecular complexity index is 369. The fourth-order valence-electron chi connectivity index (χ4n) is 1.11. The summed E-state index contributed by atoms with van der Waals surface area (Å²) >= 11 is 0. The average molecular weight is 189 g/mol. The second-order valence-electron chi connectivity index (χ2n) is 3.30. The van der Waals surface area contributed by atoms with Gasteiger partial charge >= 0.3 is 5.97 Å². The molecule has 0 N–H and O–H groups in total. The van der Waals surface area contributed by atoms with Gasteiger partial charge in [0.15, 0.2) is 0 Å². The molecule has 0 unspecified atom stereocenters. The zero-order valence-electron chi connectivity index (χ0n) is 7.77. The van der Waals surface area contributed by atoms with Crippen LogP contribution in [0.2, 0.25) is 0 Å². The van der Waals surface area contributed by atoms with Crippen LogP contribution in [0.3, 0.4) is 0 Å². The molecular formula is C11H11NO2. The number of pyridine rings is 1. The van der Waals surface area contributed by atoms with Crippen LogP contribution in [0.1, 0.15) is 18.5 Å². The van der Waals surface area contributed by atoms with E-state index in [1.54, 1.807) is 18.2 Å². The van der Waals surface area contributed by atoms with E-state index >= 15 is 0 Å². The second kappa shape index (κ2) is 3.62. The number of nitrogens with zero attached hydrogens (tertiary/aromatic N) is 1. The highest BCUT2D eigenvalue weighted by atomic mass is 16.5. The van der Waals surface area contributed by atoms with E-state index in [1.165, 1.54) is 0 Å². The Hall–Kier alpha value is -1.64. The molecule has 0 radical (unpaired) electrons. The first-order valence-corrected chi connectivity index (χ1v) is 4.61. The van der Waals surface area contributed by atoms with Crippen molar-refractivity contribution in [1.82, 2.24) is 4.98 Å². The van der Waals surface area contributed by atoms with Crippen LogP contribution in [-0.2, 0) is 4.79 Å². The van der Waals surface area contributed by atoms with Crippen molar-refractivity contribution in [3.05, 3.63) is 30.5 Å². The van der Waals surface area contributed by atoms with Crippen molar-refractivity contribution in [3.8, 4) is 5.88 Å². The van der Waals surface area contributed by atoms with Crippen molar-refractivity contribution >= 4 is 12.0 Å². The van der Waals surface area contributed by atoms with E-state index in [-0.39, 0.29) is 11.9 Å². The molecule has 0 spiro atoms. The number of ether oxygens (including phenoxy) is 1. The first-order valence-electron chi connectivity index (χ1n) is 4.61. The molecule has 0 aromatic carbocycles. The van der Waals surface area contributed by atoms with E-state index < -0.39 is 0 Å². The molecule has 1 aliphatic carbocycles. The van der Waals surface area contributed by atoms with Crippen LogP contribution in [0.4, 0.5) is 0 Å². The molecule has 1 heterocycles. The third-order valence-electron chi connectivity index (χ3n) is 2.07. The predicted molar refractivity (Wildman–Crippen MR) is 52.7 cm³/mol. The molecule has 1 saturated carbocycles. The Kier molecular flexibility index (Phi) is 2.31. The first kappa shape index (κ1) is 8.94. The van der Waals surface area contributed by atoms with Gasteiger partial charge in [0.1, 0.15) is 0 Å². The third-order valence-corrected chi connectivity index (χ3v) is 2.07. The summed E-state index contributed by atoms with van der Waals surface area (Å²) < 4.78 is 5.08. The lowest BCUT2D eigenvalue weighted by molar-refractivity contribution is -0.136. The standard InChI is InChI=1S/C11H11NO2/c1-2-9-4-3-5-10(12-9)14-11(13)8-6-7-8/h2-5,8H,1,6-7H2. The molecule has 2 rings (SSSR count). The van der Waals surface area contributed by atoms with Crippen LogP contribution in [-0.4, -0.2) is 11.0 Å². The van der Waals surface area contributed by atoms with Gasteiger partial charge < -0.3 is 4.74 Å². The molecule has 1 fully saturated rings. The van der Waals surface area contributed by atoms with Crippen LogP contribution >= 0.6 is 0 Å². The molecule has 3 nitrogen and oxygen atoms in total. The van der Waals surface area contributed by atoms with E-state index in [0.717, 1.165) is 12.8 Å². The van der Waals surface area contributed by atoms with E-state index in [9.17, 15) is 4.79 Å². The molecule has 3 heteroatoms. The molecule has 0 atom stereocenters. The summed E-state index contributed by atoms with van der Waals surface area (Å²) in [5.41, 5.74) is 0.714. The number of aromatic nitrogens is 1. The molecule has 0 bridgehead atoms. The van der Waals surface area contributed by atoms with Gasteiger partial charge in [0.2, 0.25) is 5.88 Å². The molecule has 0 saturated heterocycles. The lowest BCUT2D eigenvalue weighted by atomic mass is 10.3. The molecule has 1 aliphatic rings.